The van der Waals surface area contributed by atoms with Crippen molar-refractivity contribution in [2.24, 2.45) is 0 Å². The van der Waals surface area contributed by atoms with Crippen LogP contribution in [-0.2, 0) is 11.2 Å². The second-order valence-corrected chi connectivity index (χ2v) is 5.51. The van der Waals surface area contributed by atoms with Crippen molar-refractivity contribution in [2.75, 3.05) is 23.3 Å². The molecule has 2 aromatic rings. The predicted molar refractivity (Wildman–Crippen MR) is 93.2 cm³/mol. The maximum absolute atomic E-state index is 11.8. The first-order valence-corrected chi connectivity index (χ1v) is 7.63. The van der Waals surface area contributed by atoms with E-state index in [0.717, 1.165) is 24.3 Å². The Hall–Kier alpha value is -2.40. The first kappa shape index (κ1) is 14.5. The molecule has 5 heteroatoms. The zero-order chi connectivity index (χ0) is 15.4. The summed E-state index contributed by atoms with van der Waals surface area (Å²) in [6.07, 6.45) is 0.892. The van der Waals surface area contributed by atoms with Crippen molar-refractivity contribution in [2.45, 2.75) is 6.42 Å². The predicted octanol–water partition coefficient (Wildman–Crippen LogP) is 2.56. The molecule has 0 bridgehead atoms. The molecule has 1 aliphatic heterocycles. The average molecular weight is 311 g/mol. The Morgan fingerprint density at radius 3 is 2.68 bits per heavy atom. The van der Waals surface area contributed by atoms with E-state index in [0.29, 0.717) is 5.11 Å². The minimum Gasteiger partial charge on any atom is -0.362 e. The van der Waals surface area contributed by atoms with Gasteiger partial charge in [-0.2, -0.15) is 0 Å². The second kappa shape index (κ2) is 6.58. The van der Waals surface area contributed by atoms with E-state index in [9.17, 15) is 4.79 Å². The van der Waals surface area contributed by atoms with E-state index in [1.807, 2.05) is 47.4 Å². The van der Waals surface area contributed by atoms with Crippen molar-refractivity contribution in [1.82, 2.24) is 5.32 Å². The van der Waals surface area contributed by atoms with Gasteiger partial charge in [0.25, 0.3) is 0 Å². The van der Waals surface area contributed by atoms with Crippen molar-refractivity contribution in [3.8, 4) is 0 Å². The van der Waals surface area contributed by atoms with Gasteiger partial charge in [-0.3, -0.25) is 4.79 Å². The Bertz CT molecular complexity index is 687. The van der Waals surface area contributed by atoms with Crippen molar-refractivity contribution in [1.29, 1.82) is 0 Å². The van der Waals surface area contributed by atoms with E-state index in [-0.39, 0.29) is 12.5 Å². The van der Waals surface area contributed by atoms with E-state index >= 15 is 0 Å². The van der Waals surface area contributed by atoms with Crippen molar-refractivity contribution in [3.05, 3.63) is 60.2 Å². The first-order chi connectivity index (χ1) is 10.7. The van der Waals surface area contributed by atoms with Crippen LogP contribution in [0.1, 0.15) is 5.56 Å². The summed E-state index contributed by atoms with van der Waals surface area (Å²) in [6, 6.07) is 17.9. The first-order valence-electron chi connectivity index (χ1n) is 7.22. The van der Waals surface area contributed by atoms with Crippen LogP contribution in [0.3, 0.4) is 0 Å². The molecule has 0 spiro atoms. The van der Waals surface area contributed by atoms with Crippen LogP contribution in [0.4, 0.5) is 11.4 Å². The van der Waals surface area contributed by atoms with E-state index in [1.54, 1.807) is 0 Å². The lowest BCUT2D eigenvalue weighted by atomic mass is 10.1. The Balaban J connectivity index is 1.64. The molecule has 2 aromatic carbocycles. The van der Waals surface area contributed by atoms with Crippen LogP contribution in [0.2, 0.25) is 0 Å². The number of thiocarbonyl (C=S) groups is 1. The maximum atomic E-state index is 11.8. The van der Waals surface area contributed by atoms with E-state index in [4.69, 9.17) is 12.2 Å². The number of anilines is 2. The van der Waals surface area contributed by atoms with Crippen molar-refractivity contribution in [3.63, 3.8) is 0 Å². The molecule has 0 radical (unpaired) electrons. The zero-order valence-corrected chi connectivity index (χ0v) is 12.9. The Labute approximate surface area is 135 Å². The van der Waals surface area contributed by atoms with Crippen LogP contribution >= 0.6 is 12.2 Å². The lowest BCUT2D eigenvalue weighted by Gasteiger charge is -2.31. The molecule has 0 fully saturated rings. The van der Waals surface area contributed by atoms with Gasteiger partial charge in [-0.15, -0.1) is 0 Å². The number of benzene rings is 2. The highest BCUT2D eigenvalue weighted by atomic mass is 32.1. The van der Waals surface area contributed by atoms with Crippen LogP contribution in [0.15, 0.2) is 54.6 Å². The fourth-order valence-corrected chi connectivity index (χ4v) is 2.73. The third kappa shape index (κ3) is 3.26. The smallest absolute Gasteiger partial charge is 0.244 e. The number of hydrogen-bond donors (Lipinski definition) is 2. The summed E-state index contributed by atoms with van der Waals surface area (Å²) >= 11 is 5.45. The highest BCUT2D eigenvalue weighted by Gasteiger charge is 2.24. The van der Waals surface area contributed by atoms with Crippen LogP contribution in [0.5, 0.6) is 0 Å². The van der Waals surface area contributed by atoms with E-state index in [2.05, 4.69) is 22.8 Å². The number of fused-ring (bicyclic) bond motifs is 1. The van der Waals surface area contributed by atoms with Gasteiger partial charge < -0.3 is 15.5 Å². The highest BCUT2D eigenvalue weighted by Crippen LogP contribution is 2.28. The van der Waals surface area contributed by atoms with Crippen LogP contribution in [0, 0.1) is 0 Å². The van der Waals surface area contributed by atoms with Gasteiger partial charge in [0.2, 0.25) is 5.91 Å². The van der Waals surface area contributed by atoms with Gasteiger partial charge in [0, 0.05) is 6.54 Å². The molecule has 0 atom stereocenters. The van der Waals surface area contributed by atoms with Gasteiger partial charge in [-0.1, -0.05) is 42.5 Å². The molecule has 0 saturated carbocycles. The summed E-state index contributed by atoms with van der Waals surface area (Å²) in [5.74, 6) is -0.0501. The van der Waals surface area contributed by atoms with Crippen LogP contribution in [-0.4, -0.2) is 24.1 Å². The van der Waals surface area contributed by atoms with E-state index < -0.39 is 0 Å². The standard InChI is InChI=1S/C17H17N3OS/c21-16-12-20(15-9-5-4-8-14(15)19-16)17(22)18-11-10-13-6-2-1-3-7-13/h1-9H,10-12H2,(H,18,22)(H,19,21). The molecular formula is C17H17N3OS. The molecule has 1 amide bonds. The fourth-order valence-electron chi connectivity index (χ4n) is 2.47. The monoisotopic (exact) mass is 311 g/mol. The third-order valence-corrected chi connectivity index (χ3v) is 3.91. The van der Waals surface area contributed by atoms with Crippen LogP contribution < -0.4 is 15.5 Å². The number of rotatable bonds is 3. The quantitative estimate of drug-likeness (QED) is 0.855. The number of nitrogens with one attached hydrogen (secondary N) is 2. The van der Waals surface area contributed by atoms with Crippen molar-refractivity contribution >= 4 is 34.6 Å². The Kier molecular flexibility index (Phi) is 4.34. The average Bonchev–Trinajstić information content (AvgIpc) is 2.55. The number of nitrogens with zero attached hydrogens (tertiary/aromatic N) is 1. The lowest BCUT2D eigenvalue weighted by Crippen LogP contribution is -2.47. The third-order valence-electron chi connectivity index (χ3n) is 3.55. The second-order valence-electron chi connectivity index (χ2n) is 5.12. The maximum Gasteiger partial charge on any atom is 0.244 e. The largest absolute Gasteiger partial charge is 0.362 e. The van der Waals surface area contributed by atoms with Gasteiger partial charge in [0.05, 0.1) is 11.4 Å². The molecule has 2 N–H and O–H groups in total. The molecule has 0 unspecified atom stereocenters. The number of carbonyl (C=O) groups excluding carboxylic acids is 1. The summed E-state index contributed by atoms with van der Waals surface area (Å²) in [6.45, 7) is 0.983. The SMILES string of the molecule is O=C1CN(C(=S)NCCc2ccccc2)c2ccccc2N1. The topological polar surface area (TPSA) is 44.4 Å². The zero-order valence-electron chi connectivity index (χ0n) is 12.1. The Morgan fingerprint density at radius 2 is 1.86 bits per heavy atom. The normalized spacial score (nSPS) is 13.3. The highest BCUT2D eigenvalue weighted by molar-refractivity contribution is 7.80. The van der Waals surface area contributed by atoms with Crippen LogP contribution in [0.25, 0.3) is 0 Å². The van der Waals surface area contributed by atoms with Gasteiger partial charge in [-0.25, -0.2) is 0 Å². The summed E-state index contributed by atoms with van der Waals surface area (Å²) in [5, 5.41) is 6.68. The Morgan fingerprint density at radius 1 is 1.14 bits per heavy atom. The number of amides is 1. The van der Waals surface area contributed by atoms with Crippen molar-refractivity contribution < 1.29 is 4.79 Å². The molecule has 22 heavy (non-hydrogen) atoms. The molecular weight excluding hydrogens is 294 g/mol. The molecule has 3 rings (SSSR count). The fraction of sp³-hybridized carbons (Fsp3) is 0.176. The summed E-state index contributed by atoms with van der Waals surface area (Å²) in [7, 11) is 0. The minimum absolute atomic E-state index is 0.0501. The molecule has 4 nitrogen and oxygen atoms in total. The molecule has 1 heterocycles. The number of para-hydroxylation sites is 2. The van der Waals surface area contributed by atoms with Gasteiger partial charge in [-0.05, 0) is 36.3 Å². The summed E-state index contributed by atoms with van der Waals surface area (Å²) in [5.41, 5.74) is 2.99. The molecule has 0 aromatic heterocycles. The molecule has 0 saturated heterocycles. The van der Waals surface area contributed by atoms with E-state index in [1.165, 1.54) is 5.56 Å². The lowest BCUT2D eigenvalue weighted by molar-refractivity contribution is -0.115. The number of hydrogen-bond acceptors (Lipinski definition) is 2. The van der Waals surface area contributed by atoms with Gasteiger partial charge >= 0.3 is 0 Å². The molecule has 1 aliphatic rings. The van der Waals surface area contributed by atoms with Gasteiger partial charge in [0.1, 0.15) is 6.54 Å². The summed E-state index contributed by atoms with van der Waals surface area (Å²) < 4.78 is 0. The minimum atomic E-state index is -0.0501. The van der Waals surface area contributed by atoms with Gasteiger partial charge in [0.15, 0.2) is 5.11 Å². The molecule has 112 valence electrons. The summed E-state index contributed by atoms with van der Waals surface area (Å²) in [4.78, 5) is 13.6. The number of carbonyl (C=O) groups is 1. The molecule has 0 aliphatic carbocycles.